The molecule has 118 valence electrons. The van der Waals surface area contributed by atoms with Gasteiger partial charge in [-0.25, -0.2) is 4.79 Å². The number of aromatic nitrogens is 3. The zero-order valence-electron chi connectivity index (χ0n) is 12.8. The molecule has 0 atom stereocenters. The molecule has 1 fully saturated rings. The Morgan fingerprint density at radius 3 is 2.55 bits per heavy atom. The molecule has 6 nitrogen and oxygen atoms in total. The monoisotopic (exact) mass is 303 g/mol. The summed E-state index contributed by atoms with van der Waals surface area (Å²) in [4.78, 5) is 33.1. The molecule has 1 saturated carbocycles. The molecule has 0 radical (unpaired) electrons. The average molecular weight is 303 g/mol. The average Bonchev–Trinajstić information content (AvgIpc) is 2.82. The molecule has 2 aromatic rings. The maximum Gasteiger partial charge on any atom is 0.373 e. The molecule has 1 aliphatic carbocycles. The molecule has 0 aromatic carbocycles. The lowest BCUT2D eigenvalue weighted by Crippen LogP contribution is -2.28. The Morgan fingerprint density at radius 1 is 1.23 bits per heavy atom. The van der Waals surface area contributed by atoms with E-state index >= 15 is 0 Å². The number of nitrogens with zero attached hydrogens (tertiary/aromatic N) is 3. The van der Waals surface area contributed by atoms with Gasteiger partial charge < -0.3 is 0 Å². The molecule has 2 heterocycles. The maximum absolute atomic E-state index is 12.7. The first kappa shape index (κ1) is 16.2. The molecule has 0 N–H and O–H groups in total. The van der Waals surface area contributed by atoms with Crippen LogP contribution in [-0.4, -0.2) is 20.3 Å². The molecule has 0 bridgehead atoms. The molecule has 0 aliphatic heterocycles. The van der Waals surface area contributed by atoms with Crippen LogP contribution < -0.4 is 5.69 Å². The summed E-state index contributed by atoms with van der Waals surface area (Å²) in [5.74, 6) is 0. The van der Waals surface area contributed by atoms with Crippen LogP contribution in [0.5, 0.6) is 0 Å². The summed E-state index contributed by atoms with van der Waals surface area (Å²) in [5.41, 5.74) is 2.19. The lowest BCUT2D eigenvalue weighted by Gasteiger charge is -2.22. The highest BCUT2D eigenvalue weighted by molar-refractivity contribution is 5.74. The van der Waals surface area contributed by atoms with Gasteiger partial charge in [-0.3, -0.25) is 14.1 Å². The van der Waals surface area contributed by atoms with Crippen LogP contribution >= 0.6 is 0 Å². The fourth-order valence-electron chi connectivity index (χ4n) is 3.26. The molecule has 0 saturated heterocycles. The fraction of sp³-hybridized carbons (Fsp3) is 0.562. The van der Waals surface area contributed by atoms with Gasteiger partial charge in [0.05, 0.1) is 17.2 Å². The van der Waals surface area contributed by atoms with Crippen LogP contribution in [0.15, 0.2) is 23.3 Å². The summed E-state index contributed by atoms with van der Waals surface area (Å²) in [6.45, 7) is 2.90. The van der Waals surface area contributed by atoms with Crippen LogP contribution in [0.1, 0.15) is 51.5 Å². The number of imidazole rings is 1. The van der Waals surface area contributed by atoms with Crippen LogP contribution in [0, 0.1) is 0 Å². The van der Waals surface area contributed by atoms with Crippen molar-refractivity contribution in [2.45, 2.75) is 58.0 Å². The van der Waals surface area contributed by atoms with Gasteiger partial charge in [0.25, 0.3) is 0 Å². The van der Waals surface area contributed by atoms with Gasteiger partial charge in [-0.2, -0.15) is 9.59 Å². The van der Waals surface area contributed by atoms with Crippen LogP contribution in [0.25, 0.3) is 11.0 Å². The van der Waals surface area contributed by atoms with E-state index in [0.717, 1.165) is 36.8 Å². The molecular formula is C16H21N3O3. The van der Waals surface area contributed by atoms with Crippen molar-refractivity contribution in [3.05, 3.63) is 28.9 Å². The van der Waals surface area contributed by atoms with Crippen LogP contribution in [-0.2, 0) is 16.1 Å². The predicted molar refractivity (Wildman–Crippen MR) is 81.4 cm³/mol. The highest BCUT2D eigenvalue weighted by Gasteiger charge is 2.21. The Labute approximate surface area is 128 Å². The van der Waals surface area contributed by atoms with Crippen molar-refractivity contribution in [3.63, 3.8) is 0 Å². The quantitative estimate of drug-likeness (QED) is 0.873. The molecule has 6 heteroatoms. The maximum atomic E-state index is 12.7. The van der Waals surface area contributed by atoms with Crippen molar-refractivity contribution in [2.75, 3.05) is 0 Å². The summed E-state index contributed by atoms with van der Waals surface area (Å²) >= 11 is 0. The van der Waals surface area contributed by atoms with Crippen molar-refractivity contribution in [2.24, 2.45) is 0 Å². The van der Waals surface area contributed by atoms with E-state index in [0.29, 0.717) is 6.04 Å². The van der Waals surface area contributed by atoms with Gasteiger partial charge in [0, 0.05) is 18.8 Å². The first-order valence-electron chi connectivity index (χ1n) is 7.78. The minimum Gasteiger partial charge on any atom is -0.292 e. The normalized spacial score (nSPS) is 15.1. The Bertz CT molecular complexity index is 705. The van der Waals surface area contributed by atoms with Crippen molar-refractivity contribution >= 4 is 17.2 Å². The third kappa shape index (κ3) is 3.17. The van der Waals surface area contributed by atoms with Gasteiger partial charge in [0.15, 0.2) is 0 Å². The van der Waals surface area contributed by atoms with E-state index in [1.165, 1.54) is 19.3 Å². The SMILES string of the molecule is CCCn1c(=O)n(C2CCCCC2)c2cnccc21.O=C=O. The van der Waals surface area contributed by atoms with Crippen LogP contribution in [0.4, 0.5) is 0 Å². The molecule has 0 unspecified atom stereocenters. The molecular weight excluding hydrogens is 282 g/mol. The number of fused-ring (bicyclic) bond motifs is 1. The van der Waals surface area contributed by atoms with Crippen molar-refractivity contribution in [1.29, 1.82) is 0 Å². The fourth-order valence-corrected chi connectivity index (χ4v) is 3.26. The first-order chi connectivity index (χ1) is 10.7. The van der Waals surface area contributed by atoms with Gasteiger partial charge in [-0.05, 0) is 25.3 Å². The largest absolute Gasteiger partial charge is 0.373 e. The number of hydrogen-bond acceptors (Lipinski definition) is 4. The number of rotatable bonds is 3. The molecule has 2 aromatic heterocycles. The lowest BCUT2D eigenvalue weighted by atomic mass is 9.95. The van der Waals surface area contributed by atoms with E-state index in [4.69, 9.17) is 9.59 Å². The Morgan fingerprint density at radius 2 is 1.91 bits per heavy atom. The third-order valence-electron chi connectivity index (χ3n) is 4.15. The minimum absolute atomic E-state index is 0.150. The molecule has 0 amide bonds. The Kier molecular flexibility index (Phi) is 5.67. The number of hydrogen-bond donors (Lipinski definition) is 0. The number of pyridine rings is 1. The number of carbonyl (C=O) groups excluding carboxylic acids is 2. The predicted octanol–water partition coefficient (Wildman–Crippen LogP) is 2.53. The summed E-state index contributed by atoms with van der Waals surface area (Å²) in [7, 11) is 0. The molecule has 3 rings (SSSR count). The van der Waals surface area contributed by atoms with Crippen molar-refractivity contribution in [3.8, 4) is 0 Å². The van der Waals surface area contributed by atoms with E-state index < -0.39 is 0 Å². The third-order valence-corrected chi connectivity index (χ3v) is 4.15. The summed E-state index contributed by atoms with van der Waals surface area (Å²) < 4.78 is 3.91. The van der Waals surface area contributed by atoms with Gasteiger partial charge in [-0.1, -0.05) is 26.2 Å². The molecule has 0 spiro atoms. The van der Waals surface area contributed by atoms with E-state index in [9.17, 15) is 4.79 Å². The second-order valence-corrected chi connectivity index (χ2v) is 5.54. The first-order valence-corrected chi connectivity index (χ1v) is 7.78. The van der Waals surface area contributed by atoms with Crippen molar-refractivity contribution < 1.29 is 9.59 Å². The summed E-state index contributed by atoms with van der Waals surface area (Å²) in [6, 6.07) is 2.33. The Balaban J connectivity index is 0.000000545. The van der Waals surface area contributed by atoms with E-state index in [1.54, 1.807) is 6.20 Å². The lowest BCUT2D eigenvalue weighted by molar-refractivity contribution is -0.191. The zero-order valence-corrected chi connectivity index (χ0v) is 12.8. The van der Waals surface area contributed by atoms with E-state index in [1.807, 2.05) is 21.4 Å². The summed E-state index contributed by atoms with van der Waals surface area (Å²) in [6.07, 6.45) is 10.9. The topological polar surface area (TPSA) is 74.0 Å². The van der Waals surface area contributed by atoms with Crippen molar-refractivity contribution in [1.82, 2.24) is 14.1 Å². The van der Waals surface area contributed by atoms with Gasteiger partial charge >= 0.3 is 11.8 Å². The van der Waals surface area contributed by atoms with Crippen LogP contribution in [0.3, 0.4) is 0 Å². The van der Waals surface area contributed by atoms with Gasteiger partial charge in [0.2, 0.25) is 0 Å². The Hall–Kier alpha value is -2.20. The zero-order chi connectivity index (χ0) is 15.9. The van der Waals surface area contributed by atoms with E-state index in [2.05, 4.69) is 11.9 Å². The second-order valence-electron chi connectivity index (χ2n) is 5.54. The van der Waals surface area contributed by atoms with Crippen LogP contribution in [0.2, 0.25) is 0 Å². The van der Waals surface area contributed by atoms with E-state index in [-0.39, 0.29) is 11.8 Å². The van der Waals surface area contributed by atoms with Gasteiger partial charge in [-0.15, -0.1) is 0 Å². The standard InChI is InChI=1S/C15H21N3O.CO2/c1-2-10-17-13-8-9-16-11-14(13)18(15(17)19)12-6-4-3-5-7-12;2-1-3/h8-9,11-12H,2-7,10H2,1H3;. The minimum atomic E-state index is 0.150. The second kappa shape index (κ2) is 7.71. The smallest absolute Gasteiger partial charge is 0.292 e. The van der Waals surface area contributed by atoms with Gasteiger partial charge in [0.1, 0.15) is 0 Å². The molecule has 22 heavy (non-hydrogen) atoms. The highest BCUT2D eigenvalue weighted by Crippen LogP contribution is 2.29. The molecule has 1 aliphatic rings. The highest BCUT2D eigenvalue weighted by atomic mass is 16.2. The summed E-state index contributed by atoms with van der Waals surface area (Å²) in [5, 5.41) is 0. The number of aryl methyl sites for hydroxylation is 1.